The van der Waals surface area contributed by atoms with Crippen molar-refractivity contribution in [1.29, 1.82) is 0 Å². The molecule has 1 fully saturated rings. The third kappa shape index (κ3) is 3.00. The van der Waals surface area contributed by atoms with Crippen LogP contribution in [0, 0.1) is 0 Å². The maximum Gasteiger partial charge on any atom is 0.328 e. The summed E-state index contributed by atoms with van der Waals surface area (Å²) in [5.41, 5.74) is 2.85. The highest BCUT2D eigenvalue weighted by molar-refractivity contribution is 9.10. The lowest BCUT2D eigenvalue weighted by Gasteiger charge is -2.14. The molecule has 0 aliphatic heterocycles. The van der Waals surface area contributed by atoms with Crippen molar-refractivity contribution in [2.75, 3.05) is 4.72 Å². The van der Waals surface area contributed by atoms with E-state index in [0.717, 1.165) is 18.4 Å². The zero-order valence-corrected chi connectivity index (χ0v) is 17.7. The number of fused-ring (bicyclic) bond motifs is 1. The van der Waals surface area contributed by atoms with Gasteiger partial charge in [-0.05, 0) is 64.0 Å². The van der Waals surface area contributed by atoms with Crippen molar-refractivity contribution >= 4 is 42.7 Å². The number of nitrogens with one attached hydrogen (secondary N) is 1. The van der Waals surface area contributed by atoms with E-state index in [2.05, 4.69) is 27.6 Å². The maximum atomic E-state index is 13.0. The van der Waals surface area contributed by atoms with Gasteiger partial charge < -0.3 is 0 Å². The fourth-order valence-corrected chi connectivity index (χ4v) is 5.45. The van der Waals surface area contributed by atoms with Crippen LogP contribution >= 0.6 is 15.9 Å². The Kier molecular flexibility index (Phi) is 4.05. The second kappa shape index (κ2) is 5.97. The van der Waals surface area contributed by atoms with Gasteiger partial charge in [0.1, 0.15) is 4.90 Å². The van der Waals surface area contributed by atoms with Crippen LogP contribution in [0.5, 0.6) is 0 Å². The molecule has 0 radical (unpaired) electrons. The lowest BCUT2D eigenvalue weighted by atomic mass is 9.98. The normalized spacial score (nSPS) is 15.9. The molecule has 27 heavy (non-hydrogen) atoms. The highest BCUT2D eigenvalue weighted by Crippen LogP contribution is 2.48. The van der Waals surface area contributed by atoms with Crippen LogP contribution in [0.4, 0.5) is 5.69 Å². The molecule has 0 saturated heterocycles. The number of rotatable bonds is 4. The van der Waals surface area contributed by atoms with E-state index in [1.165, 1.54) is 15.2 Å². The SMILES string of the molecule is Cn1c(=O)n(C)c2cc(S(=O)(=O)Nc3cccc(C4(C)CC4)c3)c(Br)cc21. The van der Waals surface area contributed by atoms with E-state index in [0.29, 0.717) is 21.2 Å². The summed E-state index contributed by atoms with van der Waals surface area (Å²) in [6, 6.07) is 10.7. The van der Waals surface area contributed by atoms with Crippen molar-refractivity contribution in [1.82, 2.24) is 9.13 Å². The molecule has 3 aromatic rings. The summed E-state index contributed by atoms with van der Waals surface area (Å²) < 4.78 is 32.0. The lowest BCUT2D eigenvalue weighted by Crippen LogP contribution is -2.19. The minimum absolute atomic E-state index is 0.0965. The second-order valence-electron chi connectivity index (χ2n) is 7.42. The van der Waals surface area contributed by atoms with E-state index in [1.54, 1.807) is 26.2 Å². The average molecular weight is 450 g/mol. The molecule has 1 N–H and O–H groups in total. The molecular weight excluding hydrogens is 430 g/mol. The Hall–Kier alpha value is -2.06. The molecular formula is C19H20BrN3O3S. The Morgan fingerprint density at radius 3 is 2.33 bits per heavy atom. The van der Waals surface area contributed by atoms with Gasteiger partial charge in [-0.1, -0.05) is 19.1 Å². The van der Waals surface area contributed by atoms with Crippen LogP contribution in [0.1, 0.15) is 25.3 Å². The van der Waals surface area contributed by atoms with E-state index in [4.69, 9.17) is 0 Å². The van der Waals surface area contributed by atoms with Gasteiger partial charge in [0.15, 0.2) is 0 Å². The van der Waals surface area contributed by atoms with Crippen molar-refractivity contribution in [2.24, 2.45) is 14.1 Å². The predicted octanol–water partition coefficient (Wildman–Crippen LogP) is 3.49. The highest BCUT2D eigenvalue weighted by Gasteiger charge is 2.39. The van der Waals surface area contributed by atoms with Gasteiger partial charge in [0.05, 0.1) is 11.0 Å². The number of hydrogen-bond donors (Lipinski definition) is 1. The first-order valence-corrected chi connectivity index (χ1v) is 10.9. The molecule has 1 aliphatic rings. The third-order valence-electron chi connectivity index (χ3n) is 5.43. The molecule has 1 aromatic heterocycles. The van der Waals surface area contributed by atoms with Crippen molar-refractivity contribution < 1.29 is 8.42 Å². The Balaban J connectivity index is 1.77. The van der Waals surface area contributed by atoms with Gasteiger partial charge in [0.2, 0.25) is 0 Å². The van der Waals surface area contributed by atoms with E-state index < -0.39 is 10.0 Å². The van der Waals surface area contributed by atoms with Gasteiger partial charge in [0.25, 0.3) is 10.0 Å². The van der Waals surface area contributed by atoms with Crippen LogP contribution in [-0.2, 0) is 29.5 Å². The van der Waals surface area contributed by atoms with Crippen LogP contribution in [0.3, 0.4) is 0 Å². The van der Waals surface area contributed by atoms with Crippen LogP contribution in [0.2, 0.25) is 0 Å². The largest absolute Gasteiger partial charge is 0.328 e. The van der Waals surface area contributed by atoms with Gasteiger partial charge in [-0.15, -0.1) is 0 Å². The van der Waals surface area contributed by atoms with Crippen molar-refractivity contribution in [3.05, 3.63) is 56.9 Å². The fraction of sp³-hybridized carbons (Fsp3) is 0.316. The molecule has 0 unspecified atom stereocenters. The lowest BCUT2D eigenvalue weighted by molar-refractivity contribution is 0.601. The summed E-state index contributed by atoms with van der Waals surface area (Å²) in [6.07, 6.45) is 2.24. The zero-order chi connectivity index (χ0) is 19.6. The number of imidazole rings is 1. The average Bonchev–Trinajstić information content (AvgIpc) is 3.34. The summed E-state index contributed by atoms with van der Waals surface area (Å²) in [5, 5.41) is 0. The molecule has 2 aromatic carbocycles. The summed E-state index contributed by atoms with van der Waals surface area (Å²) in [4.78, 5) is 12.2. The number of anilines is 1. The van der Waals surface area contributed by atoms with Crippen LogP contribution in [0.25, 0.3) is 11.0 Å². The van der Waals surface area contributed by atoms with Crippen LogP contribution in [0.15, 0.2) is 50.6 Å². The standard InChI is InChI=1S/C19H20BrN3O3S/c1-19(7-8-19)12-5-4-6-13(9-12)21-27(25,26)17-11-16-15(10-14(17)20)22(2)18(24)23(16)3/h4-6,9-11,21H,7-8H2,1-3H3. The second-order valence-corrected chi connectivity index (χ2v) is 9.92. The summed E-state index contributed by atoms with van der Waals surface area (Å²) >= 11 is 3.35. The number of aromatic nitrogens is 2. The number of aryl methyl sites for hydroxylation is 2. The highest BCUT2D eigenvalue weighted by atomic mass is 79.9. The molecule has 6 nitrogen and oxygen atoms in total. The molecule has 1 heterocycles. The van der Waals surface area contributed by atoms with Gasteiger partial charge in [-0.2, -0.15) is 0 Å². The van der Waals surface area contributed by atoms with Crippen molar-refractivity contribution in [3.63, 3.8) is 0 Å². The number of halogens is 1. The third-order valence-corrected chi connectivity index (χ3v) is 7.77. The van der Waals surface area contributed by atoms with Gasteiger partial charge in [-0.3, -0.25) is 13.9 Å². The smallest absolute Gasteiger partial charge is 0.295 e. The van der Waals surface area contributed by atoms with E-state index in [-0.39, 0.29) is 16.0 Å². The van der Waals surface area contributed by atoms with Crippen LogP contribution in [-0.4, -0.2) is 17.6 Å². The minimum atomic E-state index is -3.82. The summed E-state index contributed by atoms with van der Waals surface area (Å²) in [7, 11) is -0.532. The Morgan fingerprint density at radius 2 is 1.70 bits per heavy atom. The number of benzene rings is 2. The van der Waals surface area contributed by atoms with Gasteiger partial charge in [0, 0.05) is 24.3 Å². The van der Waals surface area contributed by atoms with E-state index >= 15 is 0 Å². The van der Waals surface area contributed by atoms with Gasteiger partial charge >= 0.3 is 5.69 Å². The van der Waals surface area contributed by atoms with E-state index in [9.17, 15) is 13.2 Å². The quantitative estimate of drug-likeness (QED) is 0.662. The molecule has 4 rings (SSSR count). The number of hydrogen-bond acceptors (Lipinski definition) is 3. The van der Waals surface area contributed by atoms with Gasteiger partial charge in [-0.25, -0.2) is 13.2 Å². The first kappa shape index (κ1) is 18.3. The molecule has 1 saturated carbocycles. The summed E-state index contributed by atoms with van der Waals surface area (Å²) in [6.45, 7) is 2.18. The molecule has 8 heteroatoms. The Morgan fingerprint density at radius 1 is 1.07 bits per heavy atom. The molecule has 0 amide bonds. The Labute approximate surface area is 166 Å². The first-order chi connectivity index (χ1) is 12.6. The molecule has 142 valence electrons. The van der Waals surface area contributed by atoms with Crippen LogP contribution < -0.4 is 10.4 Å². The van der Waals surface area contributed by atoms with Crippen molar-refractivity contribution in [3.8, 4) is 0 Å². The molecule has 0 bridgehead atoms. The number of sulfonamides is 1. The predicted molar refractivity (Wildman–Crippen MR) is 110 cm³/mol. The molecule has 0 spiro atoms. The monoisotopic (exact) mass is 449 g/mol. The number of nitrogens with zero attached hydrogens (tertiary/aromatic N) is 2. The maximum absolute atomic E-state index is 13.0. The molecule has 1 aliphatic carbocycles. The Bertz CT molecular complexity index is 1240. The summed E-state index contributed by atoms with van der Waals surface area (Å²) in [5.74, 6) is 0. The zero-order valence-electron chi connectivity index (χ0n) is 15.3. The first-order valence-electron chi connectivity index (χ1n) is 8.61. The fourth-order valence-electron chi connectivity index (χ4n) is 3.35. The minimum Gasteiger partial charge on any atom is -0.295 e. The molecule has 0 atom stereocenters. The van der Waals surface area contributed by atoms with E-state index in [1.807, 2.05) is 18.2 Å². The van der Waals surface area contributed by atoms with Crippen molar-refractivity contribution in [2.45, 2.75) is 30.1 Å². The topological polar surface area (TPSA) is 73.1 Å².